The molecule has 1 saturated heterocycles. The van der Waals surface area contributed by atoms with E-state index in [-0.39, 0.29) is 17.0 Å². The van der Waals surface area contributed by atoms with E-state index in [1.807, 2.05) is 6.92 Å². The second-order valence-corrected chi connectivity index (χ2v) is 8.32. The second kappa shape index (κ2) is 7.03. The molecule has 1 fully saturated rings. The number of rotatable bonds is 4. The number of fused-ring (bicyclic) bond motifs is 1. The molecular formula is C20H17Cl2FN2O3. The first-order valence-corrected chi connectivity index (χ1v) is 9.48. The van der Waals surface area contributed by atoms with Gasteiger partial charge in [0.25, 0.3) is 5.56 Å². The SMILES string of the molecule is CC1(Cn2c(=O)n(Cc3ccc(Cl)c(F)c3)c(=O)c3ccc(Cl)cc32)COC1. The van der Waals surface area contributed by atoms with Gasteiger partial charge in [-0.05, 0) is 35.9 Å². The van der Waals surface area contributed by atoms with Crippen molar-refractivity contribution in [2.75, 3.05) is 13.2 Å². The molecule has 28 heavy (non-hydrogen) atoms. The highest BCUT2D eigenvalue weighted by atomic mass is 35.5. The summed E-state index contributed by atoms with van der Waals surface area (Å²) in [6, 6.07) is 9.06. The minimum atomic E-state index is -0.598. The Labute approximate surface area is 169 Å². The van der Waals surface area contributed by atoms with Crippen molar-refractivity contribution >= 4 is 34.1 Å². The van der Waals surface area contributed by atoms with Crippen LogP contribution in [0.3, 0.4) is 0 Å². The fourth-order valence-corrected chi connectivity index (χ4v) is 3.71. The molecule has 2 heterocycles. The zero-order chi connectivity index (χ0) is 20.1. The molecular weight excluding hydrogens is 406 g/mol. The molecule has 0 aliphatic carbocycles. The van der Waals surface area contributed by atoms with Crippen LogP contribution in [0.5, 0.6) is 0 Å². The van der Waals surface area contributed by atoms with Crippen LogP contribution in [0.4, 0.5) is 4.39 Å². The van der Waals surface area contributed by atoms with Gasteiger partial charge in [-0.15, -0.1) is 0 Å². The lowest BCUT2D eigenvalue weighted by Gasteiger charge is -2.38. The first-order valence-electron chi connectivity index (χ1n) is 8.72. The summed E-state index contributed by atoms with van der Waals surface area (Å²) in [6.45, 7) is 3.41. The monoisotopic (exact) mass is 422 g/mol. The van der Waals surface area contributed by atoms with E-state index in [2.05, 4.69) is 0 Å². The Bertz CT molecular complexity index is 1200. The molecule has 0 saturated carbocycles. The smallest absolute Gasteiger partial charge is 0.331 e. The van der Waals surface area contributed by atoms with E-state index in [1.54, 1.807) is 28.8 Å². The van der Waals surface area contributed by atoms with Crippen molar-refractivity contribution in [1.82, 2.24) is 9.13 Å². The van der Waals surface area contributed by atoms with Gasteiger partial charge in [-0.25, -0.2) is 9.18 Å². The highest BCUT2D eigenvalue weighted by Gasteiger charge is 2.35. The molecule has 0 bridgehead atoms. The fraction of sp³-hybridized carbons (Fsp3) is 0.300. The van der Waals surface area contributed by atoms with Crippen LogP contribution >= 0.6 is 23.2 Å². The van der Waals surface area contributed by atoms with Crippen LogP contribution in [-0.2, 0) is 17.8 Å². The van der Waals surface area contributed by atoms with Gasteiger partial charge in [0.1, 0.15) is 5.82 Å². The van der Waals surface area contributed by atoms with Gasteiger partial charge in [0.15, 0.2) is 0 Å². The molecule has 0 atom stereocenters. The maximum Gasteiger partial charge on any atom is 0.331 e. The van der Waals surface area contributed by atoms with E-state index in [0.29, 0.717) is 41.2 Å². The lowest BCUT2D eigenvalue weighted by Crippen LogP contribution is -2.48. The molecule has 2 aromatic carbocycles. The highest BCUT2D eigenvalue weighted by molar-refractivity contribution is 6.31. The van der Waals surface area contributed by atoms with Crippen molar-refractivity contribution < 1.29 is 9.13 Å². The summed E-state index contributed by atoms with van der Waals surface area (Å²) >= 11 is 11.8. The minimum Gasteiger partial charge on any atom is -0.380 e. The average Bonchev–Trinajstić information content (AvgIpc) is 2.63. The van der Waals surface area contributed by atoms with Gasteiger partial charge in [-0.3, -0.25) is 13.9 Å². The molecule has 8 heteroatoms. The average molecular weight is 423 g/mol. The summed E-state index contributed by atoms with van der Waals surface area (Å²) in [5.74, 6) is -0.598. The van der Waals surface area contributed by atoms with Crippen molar-refractivity contribution in [2.24, 2.45) is 5.41 Å². The van der Waals surface area contributed by atoms with Crippen molar-refractivity contribution in [3.05, 3.63) is 78.7 Å². The molecule has 0 amide bonds. The standard InChI is InChI=1S/C20H17Cl2FN2O3/c1-20(10-28-11-20)9-25-17-7-13(21)3-4-14(17)18(26)24(19(25)27)8-12-2-5-15(22)16(23)6-12/h2-7H,8-11H2,1H3. The van der Waals surface area contributed by atoms with Crippen molar-refractivity contribution in [3.63, 3.8) is 0 Å². The topological polar surface area (TPSA) is 53.2 Å². The number of nitrogens with zero attached hydrogens (tertiary/aromatic N) is 2. The minimum absolute atomic E-state index is 0.0143. The van der Waals surface area contributed by atoms with E-state index in [9.17, 15) is 14.0 Å². The molecule has 1 aliphatic rings. The lowest BCUT2D eigenvalue weighted by atomic mass is 9.88. The second-order valence-electron chi connectivity index (χ2n) is 7.47. The number of ether oxygens (including phenoxy) is 1. The third kappa shape index (κ3) is 3.36. The van der Waals surface area contributed by atoms with E-state index in [4.69, 9.17) is 27.9 Å². The van der Waals surface area contributed by atoms with Crippen LogP contribution in [-0.4, -0.2) is 22.3 Å². The fourth-order valence-electron chi connectivity index (χ4n) is 3.43. The van der Waals surface area contributed by atoms with Gasteiger partial charge < -0.3 is 4.74 Å². The van der Waals surface area contributed by atoms with Crippen LogP contribution < -0.4 is 11.2 Å². The van der Waals surface area contributed by atoms with Crippen LogP contribution in [0.25, 0.3) is 10.9 Å². The third-order valence-electron chi connectivity index (χ3n) is 4.95. The van der Waals surface area contributed by atoms with Gasteiger partial charge in [0.2, 0.25) is 0 Å². The third-order valence-corrected chi connectivity index (χ3v) is 5.50. The summed E-state index contributed by atoms with van der Waals surface area (Å²) in [5.41, 5.74) is -0.164. The Hall–Kier alpha value is -2.15. The summed E-state index contributed by atoms with van der Waals surface area (Å²) in [6.07, 6.45) is 0. The molecule has 0 radical (unpaired) electrons. The summed E-state index contributed by atoms with van der Waals surface area (Å²) in [5, 5.41) is 0.800. The summed E-state index contributed by atoms with van der Waals surface area (Å²) in [4.78, 5) is 26.2. The first kappa shape index (κ1) is 19.2. The Morgan fingerprint density at radius 1 is 1.11 bits per heavy atom. The van der Waals surface area contributed by atoms with Gasteiger partial charge >= 0.3 is 5.69 Å². The number of hydrogen-bond acceptors (Lipinski definition) is 3. The van der Waals surface area contributed by atoms with E-state index in [0.717, 1.165) is 4.57 Å². The maximum absolute atomic E-state index is 13.8. The molecule has 0 spiro atoms. The zero-order valence-corrected chi connectivity index (χ0v) is 16.6. The van der Waals surface area contributed by atoms with Crippen LogP contribution in [0, 0.1) is 11.2 Å². The molecule has 1 aromatic heterocycles. The Morgan fingerprint density at radius 3 is 2.50 bits per heavy atom. The quantitative estimate of drug-likeness (QED) is 0.643. The summed E-state index contributed by atoms with van der Waals surface area (Å²) < 4.78 is 21.8. The Morgan fingerprint density at radius 2 is 1.86 bits per heavy atom. The van der Waals surface area contributed by atoms with E-state index in [1.165, 1.54) is 12.1 Å². The van der Waals surface area contributed by atoms with Gasteiger partial charge in [-0.2, -0.15) is 0 Å². The Kier molecular flexibility index (Phi) is 4.81. The number of aromatic nitrogens is 2. The van der Waals surface area contributed by atoms with Gasteiger partial charge in [-0.1, -0.05) is 36.2 Å². The predicted octanol–water partition coefficient (Wildman–Crippen LogP) is 3.69. The molecule has 0 unspecified atom stereocenters. The largest absolute Gasteiger partial charge is 0.380 e. The molecule has 5 nitrogen and oxygen atoms in total. The molecule has 1 aliphatic heterocycles. The van der Waals surface area contributed by atoms with Gasteiger partial charge in [0.05, 0.1) is 35.7 Å². The highest BCUT2D eigenvalue weighted by Crippen LogP contribution is 2.29. The van der Waals surface area contributed by atoms with Crippen molar-refractivity contribution in [1.29, 1.82) is 0 Å². The first-order chi connectivity index (χ1) is 13.3. The van der Waals surface area contributed by atoms with E-state index >= 15 is 0 Å². The van der Waals surface area contributed by atoms with Crippen LogP contribution in [0.1, 0.15) is 12.5 Å². The molecule has 4 rings (SSSR count). The van der Waals surface area contributed by atoms with Gasteiger partial charge in [0, 0.05) is 17.0 Å². The normalized spacial score (nSPS) is 15.6. The maximum atomic E-state index is 13.8. The van der Waals surface area contributed by atoms with Crippen molar-refractivity contribution in [2.45, 2.75) is 20.0 Å². The number of benzene rings is 2. The van der Waals surface area contributed by atoms with Crippen molar-refractivity contribution in [3.8, 4) is 0 Å². The predicted molar refractivity (Wildman–Crippen MR) is 107 cm³/mol. The summed E-state index contributed by atoms with van der Waals surface area (Å²) in [7, 11) is 0. The zero-order valence-electron chi connectivity index (χ0n) is 15.0. The van der Waals surface area contributed by atoms with Crippen LogP contribution in [0.2, 0.25) is 10.0 Å². The van der Waals surface area contributed by atoms with E-state index < -0.39 is 17.1 Å². The lowest BCUT2D eigenvalue weighted by molar-refractivity contribution is -0.110. The molecule has 0 N–H and O–H groups in total. The Balaban J connectivity index is 1.90. The number of halogens is 3. The number of hydrogen-bond donors (Lipinski definition) is 0. The molecule has 146 valence electrons. The van der Waals surface area contributed by atoms with Crippen LogP contribution in [0.15, 0.2) is 46.0 Å². The molecule has 3 aromatic rings.